The Morgan fingerprint density at radius 3 is 2.39 bits per heavy atom. The van der Waals surface area contributed by atoms with E-state index in [1.54, 1.807) is 18.2 Å². The Balaban J connectivity index is 2.45. The van der Waals surface area contributed by atoms with Crippen LogP contribution in [0.1, 0.15) is 11.1 Å². The molecule has 0 spiro atoms. The summed E-state index contributed by atoms with van der Waals surface area (Å²) in [5.41, 5.74) is 6.57. The van der Waals surface area contributed by atoms with Crippen LogP contribution in [0.2, 0.25) is 10.0 Å². The molecule has 0 aromatic heterocycles. The third-order valence-electron chi connectivity index (χ3n) is 2.30. The second kappa shape index (κ2) is 5.30. The van der Waals surface area contributed by atoms with E-state index in [0.29, 0.717) is 16.1 Å². The molecule has 4 heteroatoms. The fraction of sp³-hybridized carbons (Fsp3) is 0. The number of hydrogen-bond donors (Lipinski definition) is 1. The van der Waals surface area contributed by atoms with Gasteiger partial charge in [-0.15, -0.1) is 0 Å². The van der Waals surface area contributed by atoms with Crippen LogP contribution in [0.5, 0.6) is 0 Å². The molecule has 0 bridgehead atoms. The minimum atomic E-state index is -0.578. The van der Waals surface area contributed by atoms with Gasteiger partial charge in [-0.25, -0.2) is 4.39 Å². The zero-order chi connectivity index (χ0) is 13.1. The average molecular weight is 280 g/mol. The first kappa shape index (κ1) is 12.8. The normalized spacial score (nSPS) is 9.72. The number of nitrogen functional groups attached to an aromatic ring is 1. The topological polar surface area (TPSA) is 26.0 Å². The summed E-state index contributed by atoms with van der Waals surface area (Å²) in [6.07, 6.45) is 0. The first-order chi connectivity index (χ1) is 8.58. The van der Waals surface area contributed by atoms with Crippen molar-refractivity contribution in [2.75, 3.05) is 5.73 Å². The number of rotatable bonds is 0. The molecule has 0 unspecified atom stereocenters. The van der Waals surface area contributed by atoms with E-state index < -0.39 is 5.82 Å². The number of nitrogens with two attached hydrogens (primary N) is 1. The van der Waals surface area contributed by atoms with E-state index in [0.717, 1.165) is 6.07 Å². The van der Waals surface area contributed by atoms with Gasteiger partial charge in [0.1, 0.15) is 5.82 Å². The summed E-state index contributed by atoms with van der Waals surface area (Å²) in [6.45, 7) is 0. The fourth-order valence-electron chi connectivity index (χ4n) is 1.39. The van der Waals surface area contributed by atoms with Crippen LogP contribution in [0.25, 0.3) is 0 Å². The first-order valence-corrected chi connectivity index (χ1v) is 5.84. The van der Waals surface area contributed by atoms with Gasteiger partial charge in [-0.05, 0) is 24.3 Å². The van der Waals surface area contributed by atoms with Crippen LogP contribution < -0.4 is 5.73 Å². The summed E-state index contributed by atoms with van der Waals surface area (Å²) in [5.74, 6) is 5.03. The van der Waals surface area contributed by atoms with Crippen molar-refractivity contribution in [2.24, 2.45) is 0 Å². The van der Waals surface area contributed by atoms with E-state index in [4.69, 9.17) is 28.9 Å². The lowest BCUT2D eigenvalue weighted by atomic mass is 10.1. The number of benzene rings is 2. The molecule has 2 aromatic rings. The zero-order valence-electron chi connectivity index (χ0n) is 9.18. The quantitative estimate of drug-likeness (QED) is 0.570. The maximum Gasteiger partial charge on any atom is 0.148 e. The third kappa shape index (κ3) is 2.76. The predicted molar refractivity (Wildman–Crippen MR) is 73.3 cm³/mol. The molecule has 0 radical (unpaired) electrons. The first-order valence-electron chi connectivity index (χ1n) is 5.09. The van der Waals surface area contributed by atoms with Crippen LogP contribution in [-0.4, -0.2) is 0 Å². The van der Waals surface area contributed by atoms with E-state index >= 15 is 0 Å². The van der Waals surface area contributed by atoms with Gasteiger partial charge < -0.3 is 5.73 Å². The predicted octanol–water partition coefficient (Wildman–Crippen LogP) is 4.11. The molecule has 0 fully saturated rings. The van der Waals surface area contributed by atoms with Gasteiger partial charge in [0, 0.05) is 10.6 Å². The summed E-state index contributed by atoms with van der Waals surface area (Å²) in [7, 11) is 0. The van der Waals surface area contributed by atoms with Crippen molar-refractivity contribution in [1.29, 1.82) is 0 Å². The highest BCUT2D eigenvalue weighted by atomic mass is 35.5. The SMILES string of the molecule is Nc1c(F)cc(Cl)cc1C#Cc1ccccc1Cl. The third-order valence-corrected chi connectivity index (χ3v) is 2.85. The molecule has 2 aromatic carbocycles. The highest BCUT2D eigenvalue weighted by molar-refractivity contribution is 6.31. The van der Waals surface area contributed by atoms with E-state index in [1.165, 1.54) is 6.07 Å². The molecule has 0 heterocycles. The molecule has 0 atom stereocenters. The summed E-state index contributed by atoms with van der Waals surface area (Å²) in [4.78, 5) is 0. The molecule has 1 nitrogen and oxygen atoms in total. The molecule has 18 heavy (non-hydrogen) atoms. The molecular formula is C14H8Cl2FN. The van der Waals surface area contributed by atoms with Crippen molar-refractivity contribution < 1.29 is 4.39 Å². The number of hydrogen-bond acceptors (Lipinski definition) is 1. The Kier molecular flexibility index (Phi) is 3.76. The van der Waals surface area contributed by atoms with Crippen molar-refractivity contribution in [2.45, 2.75) is 0 Å². The van der Waals surface area contributed by atoms with E-state index in [2.05, 4.69) is 11.8 Å². The maximum atomic E-state index is 13.3. The van der Waals surface area contributed by atoms with Gasteiger partial charge in [-0.3, -0.25) is 0 Å². The maximum absolute atomic E-state index is 13.3. The molecule has 0 aliphatic heterocycles. The van der Waals surface area contributed by atoms with Crippen LogP contribution >= 0.6 is 23.2 Å². The van der Waals surface area contributed by atoms with Gasteiger partial charge in [0.2, 0.25) is 0 Å². The molecule has 2 N–H and O–H groups in total. The van der Waals surface area contributed by atoms with Crippen molar-refractivity contribution in [3.63, 3.8) is 0 Å². The number of anilines is 1. The lowest BCUT2D eigenvalue weighted by Crippen LogP contribution is -1.94. The molecule has 0 saturated heterocycles. The lowest BCUT2D eigenvalue weighted by molar-refractivity contribution is 0.632. The second-order valence-corrected chi connectivity index (χ2v) is 4.42. The Labute approximate surface area is 114 Å². The number of halogens is 3. The molecule has 90 valence electrons. The molecule has 0 amide bonds. The zero-order valence-corrected chi connectivity index (χ0v) is 10.7. The Morgan fingerprint density at radius 2 is 1.67 bits per heavy atom. The van der Waals surface area contributed by atoms with Gasteiger partial charge in [-0.1, -0.05) is 47.2 Å². The average Bonchev–Trinajstić information content (AvgIpc) is 2.33. The van der Waals surface area contributed by atoms with Crippen molar-refractivity contribution in [3.05, 3.63) is 63.4 Å². The molecule has 0 saturated carbocycles. The van der Waals surface area contributed by atoms with Gasteiger partial charge in [-0.2, -0.15) is 0 Å². The van der Waals surface area contributed by atoms with Crippen LogP contribution in [0, 0.1) is 17.7 Å². The minimum Gasteiger partial charge on any atom is -0.395 e. The summed E-state index contributed by atoms with van der Waals surface area (Å²) in [6, 6.07) is 9.79. The second-order valence-electron chi connectivity index (χ2n) is 3.58. The summed E-state index contributed by atoms with van der Waals surface area (Å²) in [5, 5.41) is 0.788. The minimum absolute atomic E-state index is 0.0149. The van der Waals surface area contributed by atoms with Crippen LogP contribution in [0.3, 0.4) is 0 Å². The van der Waals surface area contributed by atoms with E-state index in [-0.39, 0.29) is 10.7 Å². The van der Waals surface area contributed by atoms with Crippen LogP contribution in [0.15, 0.2) is 36.4 Å². The van der Waals surface area contributed by atoms with Gasteiger partial charge in [0.25, 0.3) is 0 Å². The highest BCUT2D eigenvalue weighted by Gasteiger charge is 2.05. The summed E-state index contributed by atoms with van der Waals surface area (Å²) >= 11 is 11.7. The largest absolute Gasteiger partial charge is 0.395 e. The van der Waals surface area contributed by atoms with Crippen LogP contribution in [-0.2, 0) is 0 Å². The molecule has 0 aliphatic rings. The standard InChI is InChI=1S/C14H8Cl2FN/c15-11-7-10(14(18)13(17)8-11)6-5-9-3-1-2-4-12(9)16/h1-4,7-8H,18H2. The molecular weight excluding hydrogens is 272 g/mol. The lowest BCUT2D eigenvalue weighted by Gasteiger charge is -2.00. The van der Waals surface area contributed by atoms with E-state index in [1.807, 2.05) is 6.07 Å². The molecule has 0 aliphatic carbocycles. The van der Waals surface area contributed by atoms with Crippen molar-refractivity contribution >= 4 is 28.9 Å². The van der Waals surface area contributed by atoms with Crippen LogP contribution in [0.4, 0.5) is 10.1 Å². The molecule has 2 rings (SSSR count). The Bertz CT molecular complexity index is 657. The Hall–Kier alpha value is -1.69. The smallest absolute Gasteiger partial charge is 0.148 e. The summed E-state index contributed by atoms with van der Waals surface area (Å²) < 4.78 is 13.3. The van der Waals surface area contributed by atoms with Gasteiger partial charge in [0.15, 0.2) is 0 Å². The van der Waals surface area contributed by atoms with Gasteiger partial charge in [0.05, 0.1) is 16.3 Å². The van der Waals surface area contributed by atoms with Gasteiger partial charge >= 0.3 is 0 Å². The monoisotopic (exact) mass is 279 g/mol. The Morgan fingerprint density at radius 1 is 1.00 bits per heavy atom. The highest BCUT2D eigenvalue weighted by Crippen LogP contribution is 2.21. The van der Waals surface area contributed by atoms with E-state index in [9.17, 15) is 4.39 Å². The fourth-order valence-corrected chi connectivity index (χ4v) is 1.77. The van der Waals surface area contributed by atoms with Crippen molar-refractivity contribution in [3.8, 4) is 11.8 Å². The van der Waals surface area contributed by atoms with Crippen molar-refractivity contribution in [1.82, 2.24) is 0 Å².